The summed E-state index contributed by atoms with van der Waals surface area (Å²) in [6, 6.07) is 0. The molecule has 1 aromatic rings. The summed E-state index contributed by atoms with van der Waals surface area (Å²) < 4.78 is 0. The molecule has 14 heavy (non-hydrogen) atoms. The maximum Gasteiger partial charge on any atom is 0.119 e. The Hall–Kier alpha value is -1.22. The Morgan fingerprint density at radius 2 is 2.21 bits per heavy atom. The van der Waals surface area contributed by atoms with Gasteiger partial charge in [0.05, 0.1) is 11.9 Å². The van der Waals surface area contributed by atoms with Crippen molar-refractivity contribution < 1.29 is 5.11 Å². The van der Waals surface area contributed by atoms with E-state index >= 15 is 0 Å². The fourth-order valence-electron chi connectivity index (χ4n) is 1.75. The molecule has 1 atom stereocenters. The van der Waals surface area contributed by atoms with E-state index in [9.17, 15) is 5.11 Å². The van der Waals surface area contributed by atoms with Crippen molar-refractivity contribution in [2.75, 3.05) is 0 Å². The number of hydrogen-bond acceptors (Lipinski definition) is 3. The second-order valence-electron chi connectivity index (χ2n) is 3.56. The highest BCUT2D eigenvalue weighted by molar-refractivity contribution is 5.18. The number of rotatable bonds is 2. The molecule has 0 bridgehead atoms. The minimum atomic E-state index is -0.552. The molecule has 1 aliphatic rings. The van der Waals surface area contributed by atoms with E-state index in [1.165, 1.54) is 12.8 Å². The summed E-state index contributed by atoms with van der Waals surface area (Å²) in [6.45, 7) is 0. The van der Waals surface area contributed by atoms with E-state index in [4.69, 9.17) is 0 Å². The summed E-state index contributed by atoms with van der Waals surface area (Å²) in [6.07, 6.45) is 10.9. The molecule has 1 unspecified atom stereocenters. The van der Waals surface area contributed by atoms with Gasteiger partial charge in [0.25, 0.3) is 0 Å². The Morgan fingerprint density at radius 3 is 2.86 bits per heavy atom. The van der Waals surface area contributed by atoms with Crippen LogP contribution in [-0.4, -0.2) is 15.1 Å². The molecule has 0 spiro atoms. The molecule has 1 N–H and O–H groups in total. The molecule has 1 heterocycles. The van der Waals surface area contributed by atoms with Crippen LogP contribution in [0.15, 0.2) is 30.2 Å². The van der Waals surface area contributed by atoms with Gasteiger partial charge < -0.3 is 5.11 Å². The van der Waals surface area contributed by atoms with Crippen LogP contribution in [0.1, 0.15) is 37.5 Å². The lowest BCUT2D eigenvalue weighted by Gasteiger charge is -2.17. The van der Waals surface area contributed by atoms with Crippen LogP contribution in [0, 0.1) is 0 Å². The fraction of sp³-hybridized carbons (Fsp3) is 0.455. The van der Waals surface area contributed by atoms with E-state index in [2.05, 4.69) is 16.0 Å². The van der Waals surface area contributed by atoms with Gasteiger partial charge in [-0.3, -0.25) is 9.97 Å². The van der Waals surface area contributed by atoms with Crippen LogP contribution in [-0.2, 0) is 0 Å². The summed E-state index contributed by atoms with van der Waals surface area (Å²) in [5, 5.41) is 9.97. The second kappa shape index (κ2) is 4.33. The third-order valence-electron chi connectivity index (χ3n) is 2.54. The van der Waals surface area contributed by atoms with Crippen molar-refractivity contribution in [3.63, 3.8) is 0 Å². The first-order valence-electron chi connectivity index (χ1n) is 5.01. The molecule has 0 saturated carbocycles. The van der Waals surface area contributed by atoms with Crippen LogP contribution in [0.2, 0.25) is 0 Å². The van der Waals surface area contributed by atoms with Crippen molar-refractivity contribution in [1.82, 2.24) is 9.97 Å². The second-order valence-corrected chi connectivity index (χ2v) is 3.56. The zero-order valence-corrected chi connectivity index (χ0v) is 8.06. The number of hydrogen-bond donors (Lipinski definition) is 1. The van der Waals surface area contributed by atoms with Crippen molar-refractivity contribution in [1.29, 1.82) is 0 Å². The lowest BCUT2D eigenvalue weighted by Crippen LogP contribution is -2.06. The van der Waals surface area contributed by atoms with E-state index in [1.54, 1.807) is 18.6 Å². The maximum absolute atomic E-state index is 9.97. The summed E-state index contributed by atoms with van der Waals surface area (Å²) in [5.41, 5.74) is 1.75. The smallest absolute Gasteiger partial charge is 0.119 e. The van der Waals surface area contributed by atoms with E-state index < -0.39 is 6.10 Å². The normalized spacial score (nSPS) is 18.8. The maximum atomic E-state index is 9.97. The molecule has 0 saturated heterocycles. The molecule has 1 aliphatic carbocycles. The molecule has 0 amide bonds. The predicted molar refractivity (Wildman–Crippen MR) is 53.5 cm³/mol. The Kier molecular flexibility index (Phi) is 2.89. The van der Waals surface area contributed by atoms with Crippen molar-refractivity contribution in [3.8, 4) is 0 Å². The first-order chi connectivity index (χ1) is 6.88. The Balaban J connectivity index is 2.15. The van der Waals surface area contributed by atoms with Crippen LogP contribution in [0.3, 0.4) is 0 Å². The third kappa shape index (κ3) is 1.99. The lowest BCUT2D eigenvalue weighted by atomic mass is 9.94. The first-order valence-corrected chi connectivity index (χ1v) is 5.01. The molecule has 3 nitrogen and oxygen atoms in total. The van der Waals surface area contributed by atoms with E-state index in [-0.39, 0.29) is 0 Å². The Labute approximate surface area is 83.5 Å². The van der Waals surface area contributed by atoms with Gasteiger partial charge in [-0.2, -0.15) is 0 Å². The van der Waals surface area contributed by atoms with Gasteiger partial charge in [0.2, 0.25) is 0 Å². The van der Waals surface area contributed by atoms with Gasteiger partial charge in [-0.25, -0.2) is 0 Å². The summed E-state index contributed by atoms with van der Waals surface area (Å²) in [5.74, 6) is 0. The van der Waals surface area contributed by atoms with Gasteiger partial charge in [-0.1, -0.05) is 6.08 Å². The molecule has 0 aliphatic heterocycles. The molecule has 0 fully saturated rings. The fourth-order valence-corrected chi connectivity index (χ4v) is 1.75. The molecule has 0 radical (unpaired) electrons. The van der Waals surface area contributed by atoms with Crippen LogP contribution in [0.25, 0.3) is 0 Å². The predicted octanol–water partition coefficient (Wildman–Crippen LogP) is 2.01. The van der Waals surface area contributed by atoms with Gasteiger partial charge in [-0.15, -0.1) is 0 Å². The summed E-state index contributed by atoms with van der Waals surface area (Å²) in [7, 11) is 0. The molecular formula is C11H14N2O. The molecule has 74 valence electrons. The van der Waals surface area contributed by atoms with Crippen molar-refractivity contribution in [3.05, 3.63) is 35.9 Å². The number of aromatic nitrogens is 2. The topological polar surface area (TPSA) is 46.0 Å². The van der Waals surface area contributed by atoms with Gasteiger partial charge in [-0.05, 0) is 31.3 Å². The van der Waals surface area contributed by atoms with E-state index in [1.807, 2.05) is 0 Å². The minimum absolute atomic E-state index is 0.552. The van der Waals surface area contributed by atoms with Crippen LogP contribution < -0.4 is 0 Å². The zero-order chi connectivity index (χ0) is 9.80. The molecule has 3 heteroatoms. The largest absolute Gasteiger partial charge is 0.382 e. The number of allylic oxidation sites excluding steroid dienone is 1. The van der Waals surface area contributed by atoms with E-state index in [0.29, 0.717) is 5.69 Å². The highest BCUT2D eigenvalue weighted by Crippen LogP contribution is 2.27. The monoisotopic (exact) mass is 190 g/mol. The summed E-state index contributed by atoms with van der Waals surface area (Å²) in [4.78, 5) is 8.05. The first kappa shape index (κ1) is 9.34. The Morgan fingerprint density at radius 1 is 1.29 bits per heavy atom. The van der Waals surface area contributed by atoms with Gasteiger partial charge in [0.15, 0.2) is 0 Å². The Bertz CT molecular complexity index is 321. The van der Waals surface area contributed by atoms with Gasteiger partial charge >= 0.3 is 0 Å². The minimum Gasteiger partial charge on any atom is -0.382 e. The van der Waals surface area contributed by atoms with Gasteiger partial charge in [0, 0.05) is 12.4 Å². The highest BCUT2D eigenvalue weighted by atomic mass is 16.3. The number of nitrogens with zero attached hydrogens (tertiary/aromatic N) is 2. The van der Waals surface area contributed by atoms with E-state index in [0.717, 1.165) is 18.4 Å². The summed E-state index contributed by atoms with van der Waals surface area (Å²) >= 11 is 0. The van der Waals surface area contributed by atoms with Crippen molar-refractivity contribution in [2.24, 2.45) is 0 Å². The number of aliphatic hydroxyl groups is 1. The molecule has 1 aromatic heterocycles. The van der Waals surface area contributed by atoms with Crippen LogP contribution >= 0.6 is 0 Å². The van der Waals surface area contributed by atoms with Crippen molar-refractivity contribution in [2.45, 2.75) is 31.8 Å². The SMILES string of the molecule is OC(C1=CCCCC1)c1cnccn1. The van der Waals surface area contributed by atoms with Crippen LogP contribution in [0.5, 0.6) is 0 Å². The molecular weight excluding hydrogens is 176 g/mol. The van der Waals surface area contributed by atoms with Crippen molar-refractivity contribution >= 4 is 0 Å². The quantitative estimate of drug-likeness (QED) is 0.725. The lowest BCUT2D eigenvalue weighted by molar-refractivity contribution is 0.203. The standard InChI is InChI=1S/C11H14N2O/c14-11(9-4-2-1-3-5-9)10-8-12-6-7-13-10/h4,6-8,11,14H,1-3,5H2. The number of aliphatic hydroxyl groups excluding tert-OH is 1. The molecule has 2 rings (SSSR count). The average molecular weight is 190 g/mol. The average Bonchev–Trinajstić information content (AvgIpc) is 2.30. The zero-order valence-electron chi connectivity index (χ0n) is 8.06. The highest BCUT2D eigenvalue weighted by Gasteiger charge is 2.16. The molecule has 0 aromatic carbocycles. The van der Waals surface area contributed by atoms with Gasteiger partial charge in [0.1, 0.15) is 6.10 Å². The van der Waals surface area contributed by atoms with Crippen LogP contribution in [0.4, 0.5) is 0 Å². The third-order valence-corrected chi connectivity index (χ3v) is 2.54.